The van der Waals surface area contributed by atoms with Gasteiger partial charge in [0, 0.05) is 19.8 Å². The van der Waals surface area contributed by atoms with Crippen molar-refractivity contribution in [1.82, 2.24) is 0 Å². The lowest BCUT2D eigenvalue weighted by Gasteiger charge is -2.16. The lowest BCUT2D eigenvalue weighted by atomic mass is 10.1. The van der Waals surface area contributed by atoms with E-state index in [9.17, 15) is 10.1 Å². The van der Waals surface area contributed by atoms with E-state index in [1.54, 1.807) is 13.8 Å². The van der Waals surface area contributed by atoms with E-state index in [4.69, 9.17) is 14.2 Å². The van der Waals surface area contributed by atoms with Gasteiger partial charge in [0.1, 0.15) is 24.4 Å². The molecule has 1 unspecified atom stereocenters. The van der Waals surface area contributed by atoms with Crippen molar-refractivity contribution in [2.24, 2.45) is 0 Å². The molecule has 0 bridgehead atoms. The maximum absolute atomic E-state index is 12.1. The van der Waals surface area contributed by atoms with Crippen LogP contribution in [0.15, 0.2) is 29.8 Å². The van der Waals surface area contributed by atoms with E-state index in [0.29, 0.717) is 6.61 Å². The molecule has 6 heteroatoms. The lowest BCUT2D eigenvalue weighted by molar-refractivity contribution is -0.155. The number of nitrogens with zero attached hydrogens (tertiary/aromatic N) is 2. The number of nitriles is 1. The number of anilines is 1. The maximum Gasteiger partial charge on any atom is 0.348 e. The summed E-state index contributed by atoms with van der Waals surface area (Å²) < 4.78 is 16.1. The van der Waals surface area contributed by atoms with Crippen LogP contribution in [0.4, 0.5) is 5.69 Å². The van der Waals surface area contributed by atoms with Crippen LogP contribution in [0.5, 0.6) is 0 Å². The molecule has 128 valence electrons. The minimum atomic E-state index is -0.668. The van der Waals surface area contributed by atoms with Gasteiger partial charge in [0.2, 0.25) is 0 Å². The highest BCUT2D eigenvalue weighted by Crippen LogP contribution is 2.22. The van der Waals surface area contributed by atoms with Crippen molar-refractivity contribution >= 4 is 17.7 Å². The molecule has 0 N–H and O–H groups in total. The molecule has 1 heterocycles. The van der Waals surface area contributed by atoms with Gasteiger partial charge in [-0.25, -0.2) is 4.79 Å². The number of hydrogen-bond acceptors (Lipinski definition) is 6. The third kappa shape index (κ3) is 4.82. The van der Waals surface area contributed by atoms with E-state index in [1.807, 2.05) is 49.3 Å². The van der Waals surface area contributed by atoms with E-state index in [1.165, 1.54) is 6.08 Å². The predicted octanol–water partition coefficient (Wildman–Crippen LogP) is 2.35. The zero-order valence-electron chi connectivity index (χ0n) is 14.4. The molecule has 1 aliphatic rings. The Morgan fingerprint density at radius 1 is 1.42 bits per heavy atom. The Kier molecular flexibility index (Phi) is 5.60. The van der Waals surface area contributed by atoms with Crippen molar-refractivity contribution in [3.05, 3.63) is 35.4 Å². The highest BCUT2D eigenvalue weighted by molar-refractivity contribution is 5.97. The second-order valence-electron chi connectivity index (χ2n) is 6.20. The summed E-state index contributed by atoms with van der Waals surface area (Å²) in [5, 5.41) is 9.19. The molecule has 0 radical (unpaired) electrons. The van der Waals surface area contributed by atoms with Crippen molar-refractivity contribution in [2.45, 2.75) is 25.7 Å². The first kappa shape index (κ1) is 18.0. The summed E-state index contributed by atoms with van der Waals surface area (Å²) in [7, 11) is 3.89. The summed E-state index contributed by atoms with van der Waals surface area (Å²) in [6.45, 7) is 4.01. The molecule has 0 saturated carbocycles. The maximum atomic E-state index is 12.1. The molecule has 1 aliphatic heterocycles. The normalized spacial score (nSPS) is 19.6. The van der Waals surface area contributed by atoms with Gasteiger partial charge in [-0.1, -0.05) is 12.1 Å². The average molecular weight is 330 g/mol. The van der Waals surface area contributed by atoms with Crippen LogP contribution in [-0.4, -0.2) is 45.2 Å². The van der Waals surface area contributed by atoms with E-state index in [-0.39, 0.29) is 18.3 Å². The molecule has 6 nitrogen and oxygen atoms in total. The molecule has 1 aromatic carbocycles. The van der Waals surface area contributed by atoms with Crippen molar-refractivity contribution in [3.8, 4) is 6.07 Å². The number of carbonyl (C=O) groups excluding carboxylic acids is 1. The molecular formula is C18H22N2O4. The van der Waals surface area contributed by atoms with Gasteiger partial charge in [-0.15, -0.1) is 0 Å². The van der Waals surface area contributed by atoms with Crippen molar-refractivity contribution < 1.29 is 19.0 Å². The molecule has 0 amide bonds. The van der Waals surface area contributed by atoms with Gasteiger partial charge in [-0.3, -0.25) is 0 Å². The fourth-order valence-electron chi connectivity index (χ4n) is 2.26. The van der Waals surface area contributed by atoms with E-state index >= 15 is 0 Å². The quantitative estimate of drug-likeness (QED) is 0.469. The van der Waals surface area contributed by atoms with Gasteiger partial charge < -0.3 is 19.1 Å². The van der Waals surface area contributed by atoms with Gasteiger partial charge in [0.15, 0.2) is 5.79 Å². The van der Waals surface area contributed by atoms with Crippen LogP contribution in [0.1, 0.15) is 19.4 Å². The predicted molar refractivity (Wildman–Crippen MR) is 90.2 cm³/mol. The number of benzene rings is 1. The summed E-state index contributed by atoms with van der Waals surface area (Å²) in [5.74, 6) is -1.33. The lowest BCUT2D eigenvalue weighted by Crippen LogP contribution is -2.25. The highest BCUT2D eigenvalue weighted by atomic mass is 16.7. The molecular weight excluding hydrogens is 308 g/mol. The Morgan fingerprint density at radius 2 is 2.08 bits per heavy atom. The number of esters is 1. The minimum absolute atomic E-state index is 0.0502. The van der Waals surface area contributed by atoms with E-state index in [0.717, 1.165) is 11.3 Å². The molecule has 1 fully saturated rings. The Hall–Kier alpha value is -2.36. The molecule has 2 rings (SSSR count). The van der Waals surface area contributed by atoms with Crippen molar-refractivity contribution in [1.29, 1.82) is 5.26 Å². The second-order valence-corrected chi connectivity index (χ2v) is 6.20. The molecule has 0 aromatic heterocycles. The number of hydrogen-bond donors (Lipinski definition) is 0. The first-order valence-corrected chi connectivity index (χ1v) is 7.69. The van der Waals surface area contributed by atoms with Crippen LogP contribution in [0.3, 0.4) is 0 Å². The second kappa shape index (κ2) is 7.47. The fraction of sp³-hybridized carbons (Fsp3) is 0.444. The Morgan fingerprint density at radius 3 is 2.58 bits per heavy atom. The van der Waals surface area contributed by atoms with Gasteiger partial charge in [-0.05, 0) is 37.6 Å². The van der Waals surface area contributed by atoms with Crippen LogP contribution in [0, 0.1) is 11.3 Å². The topological polar surface area (TPSA) is 71.8 Å². The van der Waals surface area contributed by atoms with Crippen LogP contribution in [0.2, 0.25) is 0 Å². The average Bonchev–Trinajstić information content (AvgIpc) is 2.89. The van der Waals surface area contributed by atoms with Gasteiger partial charge in [0.25, 0.3) is 0 Å². The highest BCUT2D eigenvalue weighted by Gasteiger charge is 2.33. The summed E-state index contributed by atoms with van der Waals surface area (Å²) in [6, 6.07) is 9.40. The van der Waals surface area contributed by atoms with Crippen molar-refractivity contribution in [3.63, 3.8) is 0 Å². The summed E-state index contributed by atoms with van der Waals surface area (Å²) in [4.78, 5) is 14.0. The third-order valence-corrected chi connectivity index (χ3v) is 3.53. The largest absolute Gasteiger partial charge is 0.459 e. The van der Waals surface area contributed by atoms with Gasteiger partial charge in [0.05, 0.1) is 6.61 Å². The monoisotopic (exact) mass is 330 g/mol. The van der Waals surface area contributed by atoms with Crippen molar-refractivity contribution in [2.75, 3.05) is 32.2 Å². The molecule has 24 heavy (non-hydrogen) atoms. The fourth-order valence-corrected chi connectivity index (χ4v) is 2.26. The zero-order chi connectivity index (χ0) is 17.7. The first-order valence-electron chi connectivity index (χ1n) is 7.69. The minimum Gasteiger partial charge on any atom is -0.459 e. The summed E-state index contributed by atoms with van der Waals surface area (Å²) in [6.07, 6.45) is 1.20. The molecule has 0 spiro atoms. The van der Waals surface area contributed by atoms with E-state index in [2.05, 4.69) is 0 Å². The molecule has 0 aliphatic carbocycles. The standard InChI is InChI=1S/C18H22N2O4/c1-18(2)23-12-16(24-18)11-22-17(21)14(10-19)9-13-5-7-15(8-6-13)20(3)4/h5-9,16H,11-12H2,1-4H3/b14-9+. The zero-order valence-corrected chi connectivity index (χ0v) is 14.4. The van der Waals surface area contributed by atoms with E-state index < -0.39 is 11.8 Å². The Labute approximate surface area is 142 Å². The van der Waals surface area contributed by atoms with Gasteiger partial charge in [-0.2, -0.15) is 5.26 Å². The Balaban J connectivity index is 1.97. The SMILES string of the molecule is CN(C)c1ccc(/C=C(\C#N)C(=O)OCC2COC(C)(C)O2)cc1. The summed E-state index contributed by atoms with van der Waals surface area (Å²) >= 11 is 0. The van der Waals surface area contributed by atoms with Crippen LogP contribution < -0.4 is 4.90 Å². The smallest absolute Gasteiger partial charge is 0.348 e. The molecule has 1 atom stereocenters. The Bertz CT molecular complexity index is 657. The number of ether oxygens (including phenoxy) is 3. The molecule has 1 saturated heterocycles. The number of carbonyl (C=O) groups is 1. The van der Waals surface area contributed by atoms with Crippen LogP contribution in [-0.2, 0) is 19.0 Å². The van der Waals surface area contributed by atoms with Gasteiger partial charge >= 0.3 is 5.97 Å². The molecule has 1 aromatic rings. The van der Waals surface area contributed by atoms with Crippen LogP contribution in [0.25, 0.3) is 6.08 Å². The van der Waals surface area contributed by atoms with Crippen LogP contribution >= 0.6 is 0 Å². The summed E-state index contributed by atoms with van der Waals surface area (Å²) in [5.41, 5.74) is 1.75. The number of rotatable bonds is 5. The first-order chi connectivity index (χ1) is 11.3. The third-order valence-electron chi connectivity index (χ3n) is 3.53.